The number of hydrogen-bond acceptors (Lipinski definition) is 5. The van der Waals surface area contributed by atoms with Crippen molar-refractivity contribution in [2.75, 3.05) is 18.0 Å². The van der Waals surface area contributed by atoms with Gasteiger partial charge in [-0.3, -0.25) is 4.79 Å². The van der Waals surface area contributed by atoms with Gasteiger partial charge in [-0.1, -0.05) is 13.8 Å². The normalized spacial score (nSPS) is 10.5. The number of anilines is 1. The van der Waals surface area contributed by atoms with Crippen molar-refractivity contribution in [1.29, 1.82) is 0 Å². The largest absolute Gasteiger partial charge is 0.368 e. The number of carbonyl (C=O) groups is 1. The van der Waals surface area contributed by atoms with Gasteiger partial charge in [-0.05, 0) is 25.3 Å². The van der Waals surface area contributed by atoms with Crippen molar-refractivity contribution in [3.05, 3.63) is 16.8 Å². The molecule has 0 radical (unpaired) electrons. The first-order chi connectivity index (χ1) is 9.08. The van der Waals surface area contributed by atoms with Crippen LogP contribution in [0.5, 0.6) is 0 Å². The van der Waals surface area contributed by atoms with Gasteiger partial charge in [0.2, 0.25) is 5.91 Å². The number of rotatable bonds is 7. The Morgan fingerprint density at radius 1 is 1.16 bits per heavy atom. The zero-order valence-electron chi connectivity index (χ0n) is 11.9. The fourth-order valence-electron chi connectivity index (χ4n) is 2.23. The number of primary amides is 1. The average Bonchev–Trinajstić information content (AvgIpc) is 2.42. The summed E-state index contributed by atoms with van der Waals surface area (Å²) in [7, 11) is 0. The molecule has 0 aliphatic carbocycles. The van der Waals surface area contributed by atoms with Crippen molar-refractivity contribution in [3.63, 3.8) is 0 Å². The van der Waals surface area contributed by atoms with E-state index in [1.165, 1.54) is 0 Å². The summed E-state index contributed by atoms with van der Waals surface area (Å²) < 4.78 is 0. The third kappa shape index (κ3) is 3.41. The fourth-order valence-corrected chi connectivity index (χ4v) is 2.23. The highest BCUT2D eigenvalue weighted by molar-refractivity contribution is 5.79. The van der Waals surface area contributed by atoms with Gasteiger partial charge in [0.15, 0.2) is 5.82 Å². The predicted octanol–water partition coefficient (Wildman–Crippen LogP) is 0.372. The Morgan fingerprint density at radius 2 is 1.84 bits per heavy atom. The Balaban J connectivity index is 3.29. The molecule has 0 unspecified atom stereocenters. The van der Waals surface area contributed by atoms with E-state index in [4.69, 9.17) is 11.5 Å². The Labute approximate surface area is 114 Å². The molecule has 1 aromatic rings. The molecular weight excluding hydrogens is 242 g/mol. The SMILES string of the molecule is CCc1nnc(N(CC)CC(N)=O)c(CN)c1CC. The van der Waals surface area contributed by atoms with E-state index in [0.29, 0.717) is 18.9 Å². The molecule has 6 heteroatoms. The van der Waals surface area contributed by atoms with Gasteiger partial charge < -0.3 is 16.4 Å². The zero-order valence-corrected chi connectivity index (χ0v) is 11.9. The lowest BCUT2D eigenvalue weighted by Crippen LogP contribution is -2.35. The smallest absolute Gasteiger partial charge is 0.236 e. The van der Waals surface area contributed by atoms with Crippen molar-refractivity contribution in [2.45, 2.75) is 40.2 Å². The third-order valence-corrected chi connectivity index (χ3v) is 3.17. The van der Waals surface area contributed by atoms with Gasteiger partial charge >= 0.3 is 0 Å². The Kier molecular flexibility index (Phi) is 5.69. The van der Waals surface area contributed by atoms with Crippen molar-refractivity contribution in [2.24, 2.45) is 11.5 Å². The van der Waals surface area contributed by atoms with E-state index in [0.717, 1.165) is 29.7 Å². The summed E-state index contributed by atoms with van der Waals surface area (Å²) >= 11 is 0. The van der Waals surface area contributed by atoms with E-state index in [-0.39, 0.29) is 12.5 Å². The van der Waals surface area contributed by atoms with E-state index in [9.17, 15) is 4.79 Å². The molecule has 1 rings (SSSR count). The maximum absolute atomic E-state index is 11.1. The van der Waals surface area contributed by atoms with Crippen LogP contribution in [0.1, 0.15) is 37.6 Å². The average molecular weight is 265 g/mol. The second-order valence-corrected chi connectivity index (χ2v) is 4.32. The predicted molar refractivity (Wildman–Crippen MR) is 75.8 cm³/mol. The van der Waals surface area contributed by atoms with Gasteiger partial charge in [0, 0.05) is 18.7 Å². The molecule has 0 saturated heterocycles. The van der Waals surface area contributed by atoms with Crippen LogP contribution in [-0.2, 0) is 24.2 Å². The maximum Gasteiger partial charge on any atom is 0.236 e. The van der Waals surface area contributed by atoms with Crippen LogP contribution in [0.2, 0.25) is 0 Å². The first-order valence-corrected chi connectivity index (χ1v) is 6.69. The second-order valence-electron chi connectivity index (χ2n) is 4.32. The molecule has 0 aliphatic rings. The van der Waals surface area contributed by atoms with Crippen LogP contribution < -0.4 is 16.4 Å². The van der Waals surface area contributed by atoms with Crippen LogP contribution in [0, 0.1) is 0 Å². The molecular formula is C13H23N5O. The van der Waals surface area contributed by atoms with E-state index in [1.54, 1.807) is 0 Å². The molecule has 0 aromatic carbocycles. The van der Waals surface area contributed by atoms with Crippen molar-refractivity contribution >= 4 is 11.7 Å². The lowest BCUT2D eigenvalue weighted by molar-refractivity contribution is -0.116. The molecule has 1 heterocycles. The van der Waals surface area contributed by atoms with E-state index >= 15 is 0 Å². The van der Waals surface area contributed by atoms with Gasteiger partial charge in [-0.25, -0.2) is 0 Å². The number of nitrogens with two attached hydrogens (primary N) is 2. The molecule has 0 spiro atoms. The monoisotopic (exact) mass is 265 g/mol. The molecule has 0 aliphatic heterocycles. The van der Waals surface area contributed by atoms with Crippen molar-refractivity contribution in [1.82, 2.24) is 10.2 Å². The van der Waals surface area contributed by atoms with Crippen LogP contribution in [0.25, 0.3) is 0 Å². The number of hydrogen-bond donors (Lipinski definition) is 2. The topological polar surface area (TPSA) is 98.1 Å². The summed E-state index contributed by atoms with van der Waals surface area (Å²) in [6.45, 7) is 7.22. The van der Waals surface area contributed by atoms with Crippen LogP contribution in [-0.4, -0.2) is 29.2 Å². The van der Waals surface area contributed by atoms with Gasteiger partial charge in [-0.15, -0.1) is 5.10 Å². The molecule has 106 valence electrons. The first kappa shape index (κ1) is 15.4. The quantitative estimate of drug-likeness (QED) is 0.742. The lowest BCUT2D eigenvalue weighted by Gasteiger charge is -2.24. The minimum absolute atomic E-state index is 0.132. The summed E-state index contributed by atoms with van der Waals surface area (Å²) in [4.78, 5) is 12.9. The Morgan fingerprint density at radius 3 is 2.26 bits per heavy atom. The number of likely N-dealkylation sites (N-methyl/N-ethyl adjacent to an activating group) is 1. The van der Waals surface area contributed by atoms with E-state index < -0.39 is 0 Å². The highest BCUT2D eigenvalue weighted by atomic mass is 16.1. The zero-order chi connectivity index (χ0) is 14.4. The summed E-state index contributed by atoms with van der Waals surface area (Å²) in [5, 5.41) is 8.49. The Hall–Kier alpha value is -1.69. The standard InChI is InChI=1S/C13H23N5O/c1-4-9-10(7-14)13(17-16-11(9)5-2)18(6-3)8-12(15)19/h4-8,14H2,1-3H3,(H2,15,19). The summed E-state index contributed by atoms with van der Waals surface area (Å²) in [5.41, 5.74) is 14.2. The fraction of sp³-hybridized carbons (Fsp3) is 0.615. The van der Waals surface area contributed by atoms with Crippen LogP contribution in [0.4, 0.5) is 5.82 Å². The summed E-state index contributed by atoms with van der Waals surface area (Å²) in [6, 6.07) is 0. The second kappa shape index (κ2) is 7.04. The van der Waals surface area contributed by atoms with Crippen molar-refractivity contribution < 1.29 is 4.79 Å². The molecule has 0 atom stereocenters. The Bertz CT molecular complexity index is 447. The summed E-state index contributed by atoms with van der Waals surface area (Å²) in [6.07, 6.45) is 1.68. The van der Waals surface area contributed by atoms with E-state index in [2.05, 4.69) is 17.1 Å². The minimum atomic E-state index is -0.385. The number of nitrogens with zero attached hydrogens (tertiary/aromatic N) is 3. The number of aromatic nitrogens is 2. The van der Waals surface area contributed by atoms with Gasteiger partial charge in [0.05, 0.1) is 12.2 Å². The van der Waals surface area contributed by atoms with Crippen LogP contribution in [0.15, 0.2) is 0 Å². The van der Waals surface area contributed by atoms with E-state index in [1.807, 2.05) is 18.7 Å². The molecule has 4 N–H and O–H groups in total. The highest BCUT2D eigenvalue weighted by Gasteiger charge is 2.18. The third-order valence-electron chi connectivity index (χ3n) is 3.17. The van der Waals surface area contributed by atoms with Crippen LogP contribution >= 0.6 is 0 Å². The molecule has 1 aromatic heterocycles. The van der Waals surface area contributed by atoms with Crippen molar-refractivity contribution in [3.8, 4) is 0 Å². The molecule has 0 bridgehead atoms. The van der Waals surface area contributed by atoms with Gasteiger partial charge in [0.25, 0.3) is 0 Å². The first-order valence-electron chi connectivity index (χ1n) is 6.69. The van der Waals surface area contributed by atoms with Crippen LogP contribution in [0.3, 0.4) is 0 Å². The van der Waals surface area contributed by atoms with Gasteiger partial charge in [-0.2, -0.15) is 5.10 Å². The summed E-state index contributed by atoms with van der Waals surface area (Å²) in [5.74, 6) is 0.294. The number of carbonyl (C=O) groups excluding carboxylic acids is 1. The number of amides is 1. The lowest BCUT2D eigenvalue weighted by atomic mass is 10.0. The minimum Gasteiger partial charge on any atom is -0.368 e. The maximum atomic E-state index is 11.1. The molecule has 1 amide bonds. The molecule has 0 saturated carbocycles. The molecule has 0 fully saturated rings. The number of aryl methyl sites for hydroxylation is 1. The molecule has 6 nitrogen and oxygen atoms in total. The molecule has 19 heavy (non-hydrogen) atoms. The highest BCUT2D eigenvalue weighted by Crippen LogP contribution is 2.23. The van der Waals surface area contributed by atoms with Gasteiger partial charge in [0.1, 0.15) is 0 Å².